The Morgan fingerprint density at radius 1 is 1.13 bits per heavy atom. The number of nitrogens with one attached hydrogen (secondary N) is 5. The van der Waals surface area contributed by atoms with Crippen molar-refractivity contribution in [2.75, 3.05) is 48.7 Å². The highest BCUT2D eigenvalue weighted by atomic mass is 16.2. The number of aromatic nitrogens is 2. The van der Waals surface area contributed by atoms with Gasteiger partial charge in [0.1, 0.15) is 5.82 Å². The van der Waals surface area contributed by atoms with Crippen molar-refractivity contribution in [3.05, 3.63) is 41.6 Å². The first-order valence-corrected chi connectivity index (χ1v) is 10.4. The van der Waals surface area contributed by atoms with Crippen molar-refractivity contribution in [3.8, 4) is 0 Å². The Balaban J connectivity index is 1.20. The van der Waals surface area contributed by atoms with Crippen LogP contribution in [-0.2, 0) is 11.2 Å². The van der Waals surface area contributed by atoms with E-state index in [9.17, 15) is 9.59 Å². The predicted octanol–water partition coefficient (Wildman–Crippen LogP) is 1.22. The van der Waals surface area contributed by atoms with Crippen LogP contribution in [0, 0.1) is 5.92 Å². The fourth-order valence-corrected chi connectivity index (χ4v) is 3.70. The third-order valence-corrected chi connectivity index (χ3v) is 5.37. The Labute approximate surface area is 175 Å². The van der Waals surface area contributed by atoms with Gasteiger partial charge in [-0.1, -0.05) is 0 Å². The Kier molecular flexibility index (Phi) is 6.38. The molecule has 9 nitrogen and oxygen atoms in total. The topological polar surface area (TPSA) is 120 Å². The van der Waals surface area contributed by atoms with Crippen LogP contribution in [0.25, 0.3) is 0 Å². The highest BCUT2D eigenvalue weighted by Crippen LogP contribution is 2.23. The zero-order chi connectivity index (χ0) is 20.8. The van der Waals surface area contributed by atoms with Gasteiger partial charge in [0.05, 0.1) is 6.42 Å². The lowest BCUT2D eigenvalue weighted by atomic mass is 9.98. The summed E-state index contributed by atoms with van der Waals surface area (Å²) in [7, 11) is 0. The molecule has 1 aromatic carbocycles. The zero-order valence-electron chi connectivity index (χ0n) is 16.8. The van der Waals surface area contributed by atoms with Gasteiger partial charge in [-0.25, -0.2) is 4.98 Å². The molecule has 30 heavy (non-hydrogen) atoms. The third kappa shape index (κ3) is 5.24. The molecule has 2 amide bonds. The summed E-state index contributed by atoms with van der Waals surface area (Å²) < 4.78 is 0. The molecule has 1 saturated heterocycles. The lowest BCUT2D eigenvalue weighted by Gasteiger charge is -2.23. The van der Waals surface area contributed by atoms with E-state index in [1.54, 1.807) is 24.4 Å². The standard InChI is InChI=1S/C21H27N7O2/c29-19-12-16-11-15(1-2-17(16)27-19)20(30)23-9-10-25-21-24-8-5-18(28-21)26-13-14-3-6-22-7-4-14/h1-2,5,8,11,14,22H,3-4,6-7,9-10,12-13H2,(H,23,30)(H,27,29)(H2,24,25,26,28). The van der Waals surface area contributed by atoms with Crippen molar-refractivity contribution < 1.29 is 9.59 Å². The van der Waals surface area contributed by atoms with Gasteiger partial charge in [-0.2, -0.15) is 4.98 Å². The summed E-state index contributed by atoms with van der Waals surface area (Å²) in [6.07, 6.45) is 4.40. The molecule has 2 aliphatic heterocycles. The molecule has 0 aliphatic carbocycles. The van der Waals surface area contributed by atoms with Gasteiger partial charge in [0.2, 0.25) is 11.9 Å². The number of fused-ring (bicyclic) bond motifs is 1. The van der Waals surface area contributed by atoms with E-state index in [0.717, 1.165) is 36.7 Å². The van der Waals surface area contributed by atoms with Gasteiger partial charge in [-0.3, -0.25) is 9.59 Å². The molecule has 0 spiro atoms. The van der Waals surface area contributed by atoms with Gasteiger partial charge in [0, 0.05) is 37.1 Å². The molecule has 3 heterocycles. The number of carbonyl (C=O) groups excluding carboxylic acids is 2. The van der Waals surface area contributed by atoms with Crippen molar-refractivity contribution >= 4 is 29.3 Å². The number of hydrogen-bond donors (Lipinski definition) is 5. The SMILES string of the molecule is O=C1Cc2cc(C(=O)NCCNc3nccc(NCC4CCNCC4)n3)ccc2N1. The lowest BCUT2D eigenvalue weighted by Crippen LogP contribution is -2.31. The number of anilines is 3. The van der Waals surface area contributed by atoms with E-state index in [4.69, 9.17) is 0 Å². The first-order chi connectivity index (χ1) is 14.7. The maximum Gasteiger partial charge on any atom is 0.251 e. The average Bonchev–Trinajstić information content (AvgIpc) is 3.15. The van der Waals surface area contributed by atoms with Crippen LogP contribution in [0.3, 0.4) is 0 Å². The zero-order valence-corrected chi connectivity index (χ0v) is 16.8. The number of piperidine rings is 1. The molecular weight excluding hydrogens is 382 g/mol. The van der Waals surface area contributed by atoms with Gasteiger partial charge in [0.25, 0.3) is 5.91 Å². The number of amides is 2. The first-order valence-electron chi connectivity index (χ1n) is 10.4. The van der Waals surface area contributed by atoms with Crippen molar-refractivity contribution in [1.82, 2.24) is 20.6 Å². The van der Waals surface area contributed by atoms with Crippen LogP contribution in [0.15, 0.2) is 30.5 Å². The number of carbonyl (C=O) groups is 2. The number of hydrogen-bond acceptors (Lipinski definition) is 7. The smallest absolute Gasteiger partial charge is 0.251 e. The molecule has 0 unspecified atom stereocenters. The van der Waals surface area contributed by atoms with Crippen molar-refractivity contribution in [2.24, 2.45) is 5.92 Å². The van der Waals surface area contributed by atoms with Crippen LogP contribution < -0.4 is 26.6 Å². The summed E-state index contributed by atoms with van der Waals surface area (Å²) in [6.45, 7) is 4.01. The van der Waals surface area contributed by atoms with Crippen LogP contribution >= 0.6 is 0 Å². The summed E-state index contributed by atoms with van der Waals surface area (Å²) in [5.41, 5.74) is 2.18. The molecule has 2 aliphatic rings. The number of rotatable bonds is 8. The maximum atomic E-state index is 12.3. The number of nitrogens with zero attached hydrogens (tertiary/aromatic N) is 2. The summed E-state index contributed by atoms with van der Waals surface area (Å²) in [4.78, 5) is 32.5. The fourth-order valence-electron chi connectivity index (χ4n) is 3.70. The van der Waals surface area contributed by atoms with Gasteiger partial charge >= 0.3 is 0 Å². The highest BCUT2D eigenvalue weighted by Gasteiger charge is 2.19. The maximum absolute atomic E-state index is 12.3. The molecule has 5 N–H and O–H groups in total. The second-order valence-corrected chi connectivity index (χ2v) is 7.62. The first kappa shape index (κ1) is 20.1. The monoisotopic (exact) mass is 409 g/mol. The molecule has 0 saturated carbocycles. The molecule has 158 valence electrons. The number of benzene rings is 1. The Morgan fingerprint density at radius 3 is 2.87 bits per heavy atom. The van der Waals surface area contributed by atoms with Crippen LogP contribution in [0.5, 0.6) is 0 Å². The predicted molar refractivity (Wildman–Crippen MR) is 116 cm³/mol. The van der Waals surface area contributed by atoms with E-state index >= 15 is 0 Å². The minimum absolute atomic E-state index is 0.0424. The van der Waals surface area contributed by atoms with Crippen molar-refractivity contribution in [1.29, 1.82) is 0 Å². The van der Waals surface area contributed by atoms with Crippen LogP contribution in [0.1, 0.15) is 28.8 Å². The molecule has 2 aromatic rings. The normalized spacial score (nSPS) is 15.9. The lowest BCUT2D eigenvalue weighted by molar-refractivity contribution is -0.115. The van der Waals surface area contributed by atoms with E-state index in [1.807, 2.05) is 6.07 Å². The summed E-state index contributed by atoms with van der Waals surface area (Å²) in [5, 5.41) is 15.5. The molecule has 4 rings (SSSR count). The molecule has 1 fully saturated rings. The molecule has 0 atom stereocenters. The van der Waals surface area contributed by atoms with Gasteiger partial charge in [-0.15, -0.1) is 0 Å². The van der Waals surface area contributed by atoms with Crippen molar-refractivity contribution in [2.45, 2.75) is 19.3 Å². The third-order valence-electron chi connectivity index (χ3n) is 5.37. The van der Waals surface area contributed by atoms with Crippen LogP contribution in [0.2, 0.25) is 0 Å². The van der Waals surface area contributed by atoms with E-state index in [2.05, 4.69) is 36.6 Å². The van der Waals surface area contributed by atoms with E-state index < -0.39 is 0 Å². The highest BCUT2D eigenvalue weighted by molar-refractivity contribution is 6.01. The Morgan fingerprint density at radius 2 is 2.00 bits per heavy atom. The van der Waals surface area contributed by atoms with Crippen LogP contribution in [-0.4, -0.2) is 54.5 Å². The largest absolute Gasteiger partial charge is 0.370 e. The minimum atomic E-state index is -0.169. The van der Waals surface area contributed by atoms with E-state index in [-0.39, 0.29) is 11.8 Å². The minimum Gasteiger partial charge on any atom is -0.370 e. The van der Waals surface area contributed by atoms with Crippen molar-refractivity contribution in [3.63, 3.8) is 0 Å². The van der Waals surface area contributed by atoms with Gasteiger partial charge < -0.3 is 26.6 Å². The molecule has 0 radical (unpaired) electrons. The van der Waals surface area contributed by atoms with Gasteiger partial charge in [0.15, 0.2) is 0 Å². The van der Waals surface area contributed by atoms with E-state index in [1.165, 1.54) is 12.8 Å². The van der Waals surface area contributed by atoms with E-state index in [0.29, 0.717) is 36.9 Å². The second kappa shape index (κ2) is 9.53. The molecule has 9 heteroatoms. The summed E-state index contributed by atoms with van der Waals surface area (Å²) in [6, 6.07) is 7.11. The average molecular weight is 409 g/mol. The molecule has 1 aromatic heterocycles. The molecule has 0 bridgehead atoms. The molecular formula is C21H27N7O2. The summed E-state index contributed by atoms with van der Waals surface area (Å²) >= 11 is 0. The Hall–Kier alpha value is -3.20. The summed E-state index contributed by atoms with van der Waals surface area (Å²) in [5.74, 6) is 1.79. The Bertz CT molecular complexity index is 912. The quantitative estimate of drug-likeness (QED) is 0.416. The van der Waals surface area contributed by atoms with Gasteiger partial charge in [-0.05, 0) is 61.7 Å². The fraction of sp³-hybridized carbons (Fsp3) is 0.429. The van der Waals surface area contributed by atoms with Crippen LogP contribution in [0.4, 0.5) is 17.5 Å². The second-order valence-electron chi connectivity index (χ2n) is 7.62.